The van der Waals surface area contributed by atoms with Crippen LogP contribution >= 0.6 is 0 Å². The van der Waals surface area contributed by atoms with Crippen molar-refractivity contribution >= 4 is 21.9 Å². The largest absolute Gasteiger partial charge is 0.353 e. The minimum Gasteiger partial charge on any atom is -0.353 e. The van der Waals surface area contributed by atoms with Crippen LogP contribution in [-0.2, 0) is 7.05 Å². The number of H-pyrrole nitrogens is 2. The molecule has 6 aromatic rings. The number of hydrogen-bond donors (Lipinski definition) is 2. The molecule has 7 heteroatoms. The van der Waals surface area contributed by atoms with Crippen LogP contribution in [-0.4, -0.2) is 29.9 Å². The number of rotatable bonds is 3. The van der Waals surface area contributed by atoms with Crippen LogP contribution in [0, 0.1) is 12.7 Å². The normalized spacial score (nSPS) is 11.6. The van der Waals surface area contributed by atoms with Gasteiger partial charge in [0.1, 0.15) is 17.0 Å². The third-order valence-electron chi connectivity index (χ3n) is 5.68. The first-order valence-corrected chi connectivity index (χ1v) is 10.3. The zero-order valence-corrected chi connectivity index (χ0v) is 17.5. The molecule has 2 aromatic carbocycles. The van der Waals surface area contributed by atoms with E-state index in [-0.39, 0.29) is 5.82 Å². The highest BCUT2D eigenvalue weighted by Gasteiger charge is 2.16. The maximum absolute atomic E-state index is 14.1. The zero-order valence-electron chi connectivity index (χ0n) is 17.5. The van der Waals surface area contributed by atoms with Crippen LogP contribution in [0.15, 0.2) is 67.0 Å². The third kappa shape index (κ3) is 2.98. The van der Waals surface area contributed by atoms with Crippen molar-refractivity contribution in [2.75, 3.05) is 0 Å². The van der Waals surface area contributed by atoms with Crippen LogP contribution < -0.4 is 0 Å². The van der Waals surface area contributed by atoms with Crippen molar-refractivity contribution in [1.29, 1.82) is 0 Å². The van der Waals surface area contributed by atoms with Crippen LogP contribution in [0.25, 0.3) is 55.7 Å². The number of aromatic nitrogens is 6. The van der Waals surface area contributed by atoms with Crippen molar-refractivity contribution in [3.8, 4) is 33.8 Å². The van der Waals surface area contributed by atoms with Gasteiger partial charge in [-0.05, 0) is 60.0 Å². The van der Waals surface area contributed by atoms with E-state index < -0.39 is 0 Å². The molecular formula is C25H19FN6. The summed E-state index contributed by atoms with van der Waals surface area (Å²) in [7, 11) is 1.88. The summed E-state index contributed by atoms with van der Waals surface area (Å²) in [5.41, 5.74) is 8.66. The van der Waals surface area contributed by atoms with Gasteiger partial charge >= 0.3 is 0 Å². The van der Waals surface area contributed by atoms with Gasteiger partial charge in [0.2, 0.25) is 0 Å². The fraction of sp³-hybridized carbons (Fsp3) is 0.0800. The summed E-state index contributed by atoms with van der Waals surface area (Å²) in [6.07, 6.45) is 3.73. The minimum atomic E-state index is -0.238. The predicted octanol–water partition coefficient (Wildman–Crippen LogP) is 5.62. The summed E-state index contributed by atoms with van der Waals surface area (Å²) in [5.74, 6) is -0.238. The molecular weight excluding hydrogens is 403 g/mol. The molecule has 156 valence electrons. The number of benzene rings is 2. The molecule has 0 fully saturated rings. The predicted molar refractivity (Wildman–Crippen MR) is 124 cm³/mol. The first-order valence-electron chi connectivity index (χ1n) is 10.3. The molecule has 0 atom stereocenters. The van der Waals surface area contributed by atoms with Gasteiger partial charge in [0.15, 0.2) is 0 Å². The Labute approximate surface area is 182 Å². The van der Waals surface area contributed by atoms with Gasteiger partial charge in [-0.2, -0.15) is 10.2 Å². The van der Waals surface area contributed by atoms with E-state index >= 15 is 0 Å². The highest BCUT2D eigenvalue weighted by Crippen LogP contribution is 2.34. The molecule has 0 amide bonds. The van der Waals surface area contributed by atoms with Crippen molar-refractivity contribution in [1.82, 2.24) is 29.9 Å². The number of aryl methyl sites for hydroxylation is 2. The van der Waals surface area contributed by atoms with Crippen molar-refractivity contribution in [2.24, 2.45) is 7.05 Å². The molecule has 0 saturated carbocycles. The lowest BCUT2D eigenvalue weighted by molar-refractivity contribution is 0.627. The van der Waals surface area contributed by atoms with Gasteiger partial charge in [-0.25, -0.2) is 9.37 Å². The molecule has 0 aliphatic heterocycles. The van der Waals surface area contributed by atoms with E-state index in [2.05, 4.69) is 26.3 Å². The Balaban J connectivity index is 1.51. The smallest absolute Gasteiger partial charge is 0.135 e. The van der Waals surface area contributed by atoms with Gasteiger partial charge in [-0.1, -0.05) is 18.2 Å². The topological polar surface area (TPSA) is 75.2 Å². The molecule has 4 heterocycles. The number of halogens is 1. The van der Waals surface area contributed by atoms with E-state index in [0.717, 1.165) is 61.3 Å². The maximum Gasteiger partial charge on any atom is 0.135 e. The Hall–Kier alpha value is -4.26. The maximum atomic E-state index is 14.1. The zero-order chi connectivity index (χ0) is 21.8. The van der Waals surface area contributed by atoms with Crippen LogP contribution in [0.5, 0.6) is 0 Å². The highest BCUT2D eigenvalue weighted by molar-refractivity contribution is 6.00. The van der Waals surface area contributed by atoms with Crippen LogP contribution in [0.3, 0.4) is 0 Å². The van der Waals surface area contributed by atoms with E-state index in [0.29, 0.717) is 0 Å². The first kappa shape index (κ1) is 18.5. The van der Waals surface area contributed by atoms with Crippen molar-refractivity contribution < 1.29 is 4.39 Å². The average Bonchev–Trinajstić information content (AvgIpc) is 3.49. The van der Waals surface area contributed by atoms with Crippen LogP contribution in [0.2, 0.25) is 0 Å². The molecule has 0 aliphatic rings. The van der Waals surface area contributed by atoms with Crippen molar-refractivity contribution in [3.05, 3.63) is 78.4 Å². The number of fused-ring (bicyclic) bond motifs is 2. The molecule has 6 nitrogen and oxygen atoms in total. The second kappa shape index (κ2) is 6.88. The number of pyridine rings is 1. The lowest BCUT2D eigenvalue weighted by Gasteiger charge is -2.05. The Morgan fingerprint density at radius 3 is 2.69 bits per heavy atom. The molecule has 32 heavy (non-hydrogen) atoms. The van der Waals surface area contributed by atoms with Gasteiger partial charge in [0.05, 0.1) is 23.1 Å². The molecule has 2 N–H and O–H groups in total. The van der Waals surface area contributed by atoms with E-state index in [9.17, 15) is 4.39 Å². The summed E-state index contributed by atoms with van der Waals surface area (Å²) >= 11 is 0. The number of nitrogens with zero attached hydrogens (tertiary/aromatic N) is 4. The second-order valence-electron chi connectivity index (χ2n) is 8.03. The fourth-order valence-corrected chi connectivity index (χ4v) is 4.23. The van der Waals surface area contributed by atoms with Crippen LogP contribution in [0.4, 0.5) is 4.39 Å². The molecule has 0 radical (unpaired) electrons. The lowest BCUT2D eigenvalue weighted by Crippen LogP contribution is -1.86. The Morgan fingerprint density at radius 1 is 0.969 bits per heavy atom. The van der Waals surface area contributed by atoms with Gasteiger partial charge in [0.25, 0.3) is 0 Å². The monoisotopic (exact) mass is 422 g/mol. The number of hydrogen-bond acceptors (Lipinski definition) is 3. The van der Waals surface area contributed by atoms with Gasteiger partial charge < -0.3 is 4.98 Å². The molecule has 6 rings (SSSR count). The fourth-order valence-electron chi connectivity index (χ4n) is 4.23. The van der Waals surface area contributed by atoms with Gasteiger partial charge in [-0.15, -0.1) is 0 Å². The van der Waals surface area contributed by atoms with E-state index in [4.69, 9.17) is 4.98 Å². The first-order chi connectivity index (χ1) is 15.5. The van der Waals surface area contributed by atoms with Gasteiger partial charge in [0, 0.05) is 29.7 Å². The van der Waals surface area contributed by atoms with E-state index in [1.54, 1.807) is 16.9 Å². The molecule has 4 aromatic heterocycles. The molecule has 0 saturated heterocycles. The third-order valence-corrected chi connectivity index (χ3v) is 5.68. The molecule has 0 bridgehead atoms. The minimum absolute atomic E-state index is 0.238. The van der Waals surface area contributed by atoms with E-state index in [1.807, 2.05) is 56.6 Å². The van der Waals surface area contributed by atoms with Crippen LogP contribution in [0.1, 0.15) is 5.56 Å². The Bertz CT molecular complexity index is 1600. The Kier molecular flexibility index (Phi) is 3.98. The summed E-state index contributed by atoms with van der Waals surface area (Å²) in [4.78, 5) is 8.31. The lowest BCUT2D eigenvalue weighted by atomic mass is 10.00. The quantitative estimate of drug-likeness (QED) is 0.389. The number of nitrogens with one attached hydrogen (secondary N) is 2. The molecule has 0 aliphatic carbocycles. The highest BCUT2D eigenvalue weighted by atomic mass is 19.1. The summed E-state index contributed by atoms with van der Waals surface area (Å²) < 4.78 is 15.8. The van der Waals surface area contributed by atoms with E-state index in [1.165, 1.54) is 6.07 Å². The van der Waals surface area contributed by atoms with Crippen molar-refractivity contribution in [2.45, 2.75) is 6.92 Å². The summed E-state index contributed by atoms with van der Waals surface area (Å²) in [6, 6.07) is 17.1. The average molecular weight is 422 g/mol. The Morgan fingerprint density at radius 2 is 1.88 bits per heavy atom. The SMILES string of the molecule is Cc1cc(F)cc(-c2cccc3[nH]c(-c4n[nH]c5ccc(-c6cnn(C)c6)nc45)cc23)c1. The van der Waals surface area contributed by atoms with Gasteiger partial charge in [-0.3, -0.25) is 9.78 Å². The number of aromatic amines is 2. The molecule has 0 spiro atoms. The second-order valence-corrected chi connectivity index (χ2v) is 8.03. The summed E-state index contributed by atoms with van der Waals surface area (Å²) in [5, 5.41) is 12.9. The molecule has 0 unspecified atom stereocenters. The summed E-state index contributed by atoms with van der Waals surface area (Å²) in [6.45, 7) is 1.90. The van der Waals surface area contributed by atoms with Crippen molar-refractivity contribution in [3.63, 3.8) is 0 Å². The standard InChI is InChI=1S/C25H19FN6/c1-14-8-15(10-17(26)9-14)18-4-3-5-21-19(18)11-23(28-21)25-24-22(30-31-25)7-6-20(29-24)16-12-27-32(2)13-16/h3-13,28H,1-2H3,(H,30,31).